The van der Waals surface area contributed by atoms with Crippen LogP contribution in [0.2, 0.25) is 0 Å². The fourth-order valence-corrected chi connectivity index (χ4v) is 2.33. The van der Waals surface area contributed by atoms with Crippen LogP contribution in [0.15, 0.2) is 29.6 Å². The Morgan fingerprint density at radius 2 is 2.14 bits per heavy atom. The first-order chi connectivity index (χ1) is 10.1. The van der Waals surface area contributed by atoms with Gasteiger partial charge in [-0.15, -0.1) is 0 Å². The van der Waals surface area contributed by atoms with Gasteiger partial charge in [0.2, 0.25) is 5.91 Å². The average molecular weight is 288 g/mol. The van der Waals surface area contributed by atoms with Crippen LogP contribution < -0.4 is 10.7 Å². The Morgan fingerprint density at radius 3 is 2.81 bits per heavy atom. The Bertz CT molecular complexity index is 522. The first-order valence-electron chi connectivity index (χ1n) is 7.18. The van der Waals surface area contributed by atoms with Crippen LogP contribution >= 0.6 is 0 Å². The maximum absolute atomic E-state index is 11.8. The third-order valence-corrected chi connectivity index (χ3v) is 3.41. The van der Waals surface area contributed by atoms with Crippen molar-refractivity contribution in [1.29, 1.82) is 0 Å². The summed E-state index contributed by atoms with van der Waals surface area (Å²) in [6.07, 6.45) is 7.73. The molecule has 1 aliphatic carbocycles. The Labute approximate surface area is 124 Å². The number of carbonyl (C=O) groups is 2. The molecule has 0 aliphatic heterocycles. The van der Waals surface area contributed by atoms with Crippen molar-refractivity contribution in [1.82, 2.24) is 15.7 Å². The molecule has 0 bridgehead atoms. The standard InChI is InChI=1S/C15H20N4O2/c1-11(9-14(20)17-13-6-2-3-7-13)18-19-15(21)12-5-4-8-16-10-12/h4-5,8,10,13H,2-3,6-7,9H2,1H3,(H,17,20)(H,19,21)/b18-11-. The van der Waals surface area contributed by atoms with Crippen molar-refractivity contribution in [3.05, 3.63) is 30.1 Å². The molecule has 0 atom stereocenters. The second-order valence-corrected chi connectivity index (χ2v) is 5.26. The molecule has 2 rings (SSSR count). The van der Waals surface area contributed by atoms with Gasteiger partial charge in [0, 0.05) is 24.1 Å². The molecule has 0 unspecified atom stereocenters. The highest BCUT2D eigenvalue weighted by Crippen LogP contribution is 2.17. The lowest BCUT2D eigenvalue weighted by Crippen LogP contribution is -2.33. The van der Waals surface area contributed by atoms with Crippen LogP contribution in [0.1, 0.15) is 49.4 Å². The van der Waals surface area contributed by atoms with E-state index in [1.54, 1.807) is 25.3 Å². The van der Waals surface area contributed by atoms with E-state index in [-0.39, 0.29) is 18.2 Å². The number of carbonyl (C=O) groups excluding carboxylic acids is 2. The Morgan fingerprint density at radius 1 is 1.38 bits per heavy atom. The van der Waals surface area contributed by atoms with Gasteiger partial charge in [0.05, 0.1) is 12.0 Å². The lowest BCUT2D eigenvalue weighted by atomic mass is 10.2. The molecule has 0 saturated heterocycles. The normalized spacial score (nSPS) is 15.8. The zero-order valence-corrected chi connectivity index (χ0v) is 12.1. The lowest BCUT2D eigenvalue weighted by Gasteiger charge is -2.11. The van der Waals surface area contributed by atoms with Crippen LogP contribution in [-0.2, 0) is 4.79 Å². The number of amides is 2. The number of nitrogens with zero attached hydrogens (tertiary/aromatic N) is 2. The summed E-state index contributed by atoms with van der Waals surface area (Å²) in [5.41, 5.74) is 3.43. The van der Waals surface area contributed by atoms with Crippen LogP contribution in [0.4, 0.5) is 0 Å². The van der Waals surface area contributed by atoms with E-state index >= 15 is 0 Å². The molecule has 112 valence electrons. The van der Waals surface area contributed by atoms with Gasteiger partial charge in [-0.1, -0.05) is 12.8 Å². The van der Waals surface area contributed by atoms with Crippen molar-refractivity contribution in [3.8, 4) is 0 Å². The summed E-state index contributed by atoms with van der Waals surface area (Å²) in [6.45, 7) is 1.72. The molecule has 1 fully saturated rings. The fraction of sp³-hybridized carbons (Fsp3) is 0.467. The molecule has 2 amide bonds. The van der Waals surface area contributed by atoms with Gasteiger partial charge in [-0.3, -0.25) is 14.6 Å². The molecular weight excluding hydrogens is 268 g/mol. The highest BCUT2D eigenvalue weighted by Gasteiger charge is 2.17. The Balaban J connectivity index is 1.78. The van der Waals surface area contributed by atoms with Gasteiger partial charge in [-0.25, -0.2) is 5.43 Å². The number of hydrazone groups is 1. The molecule has 0 aromatic carbocycles. The largest absolute Gasteiger partial charge is 0.353 e. The van der Waals surface area contributed by atoms with Crippen LogP contribution in [0.25, 0.3) is 0 Å². The van der Waals surface area contributed by atoms with Crippen molar-refractivity contribution in [2.45, 2.75) is 45.1 Å². The van der Waals surface area contributed by atoms with Crippen LogP contribution in [-0.4, -0.2) is 28.6 Å². The van der Waals surface area contributed by atoms with Crippen LogP contribution in [0, 0.1) is 0 Å². The van der Waals surface area contributed by atoms with Crippen LogP contribution in [0.5, 0.6) is 0 Å². The van der Waals surface area contributed by atoms with Crippen molar-refractivity contribution in [3.63, 3.8) is 0 Å². The van der Waals surface area contributed by atoms with E-state index in [0.29, 0.717) is 17.3 Å². The maximum atomic E-state index is 11.8. The third-order valence-electron chi connectivity index (χ3n) is 3.41. The molecule has 0 radical (unpaired) electrons. The van der Waals surface area contributed by atoms with Gasteiger partial charge in [-0.2, -0.15) is 5.10 Å². The first kappa shape index (κ1) is 15.2. The minimum absolute atomic E-state index is 0.0428. The minimum Gasteiger partial charge on any atom is -0.353 e. The number of aromatic nitrogens is 1. The second kappa shape index (κ2) is 7.52. The molecular formula is C15H20N4O2. The molecule has 2 N–H and O–H groups in total. The summed E-state index contributed by atoms with van der Waals surface area (Å²) in [7, 11) is 0. The van der Waals surface area contributed by atoms with Crippen molar-refractivity contribution in [2.75, 3.05) is 0 Å². The zero-order chi connectivity index (χ0) is 15.1. The summed E-state index contributed by atoms with van der Waals surface area (Å²) >= 11 is 0. The predicted octanol–water partition coefficient (Wildman–Crippen LogP) is 1.64. The van der Waals surface area contributed by atoms with E-state index < -0.39 is 0 Å². The number of nitrogens with one attached hydrogen (secondary N) is 2. The van der Waals surface area contributed by atoms with Gasteiger partial charge >= 0.3 is 0 Å². The molecule has 1 aromatic heterocycles. The summed E-state index contributed by atoms with van der Waals surface area (Å²) in [5, 5.41) is 6.93. The van der Waals surface area contributed by atoms with E-state index in [4.69, 9.17) is 0 Å². The Hall–Kier alpha value is -2.24. The number of hydrogen-bond acceptors (Lipinski definition) is 4. The molecule has 1 aromatic rings. The fourth-order valence-electron chi connectivity index (χ4n) is 2.33. The SMILES string of the molecule is C/C(CC(=O)NC1CCCC1)=N/NC(=O)c1cccnc1. The average Bonchev–Trinajstić information content (AvgIpc) is 2.98. The van der Waals surface area contributed by atoms with E-state index in [2.05, 4.69) is 20.8 Å². The summed E-state index contributed by atoms with van der Waals surface area (Å²) in [4.78, 5) is 27.4. The second-order valence-electron chi connectivity index (χ2n) is 5.26. The molecule has 1 aliphatic rings. The third kappa shape index (κ3) is 4.98. The van der Waals surface area contributed by atoms with E-state index in [1.165, 1.54) is 19.0 Å². The van der Waals surface area contributed by atoms with Gasteiger partial charge < -0.3 is 5.32 Å². The molecule has 21 heavy (non-hydrogen) atoms. The summed E-state index contributed by atoms with van der Waals surface area (Å²) in [5.74, 6) is -0.377. The first-order valence-corrected chi connectivity index (χ1v) is 7.18. The summed E-state index contributed by atoms with van der Waals surface area (Å²) < 4.78 is 0. The zero-order valence-electron chi connectivity index (χ0n) is 12.1. The molecule has 0 spiro atoms. The van der Waals surface area contributed by atoms with Crippen LogP contribution in [0.3, 0.4) is 0 Å². The molecule has 1 heterocycles. The number of pyridine rings is 1. The van der Waals surface area contributed by atoms with Crippen molar-refractivity contribution < 1.29 is 9.59 Å². The number of rotatable bonds is 5. The minimum atomic E-state index is -0.335. The van der Waals surface area contributed by atoms with Gasteiger partial charge in [0.15, 0.2) is 0 Å². The van der Waals surface area contributed by atoms with Crippen molar-refractivity contribution in [2.24, 2.45) is 5.10 Å². The maximum Gasteiger partial charge on any atom is 0.272 e. The van der Waals surface area contributed by atoms with E-state index in [1.807, 2.05) is 0 Å². The predicted molar refractivity (Wildman–Crippen MR) is 79.8 cm³/mol. The highest BCUT2D eigenvalue weighted by molar-refractivity contribution is 6.01. The summed E-state index contributed by atoms with van der Waals surface area (Å²) in [6, 6.07) is 3.64. The van der Waals surface area contributed by atoms with Crippen molar-refractivity contribution >= 4 is 17.5 Å². The van der Waals surface area contributed by atoms with Gasteiger partial charge in [-0.05, 0) is 31.9 Å². The number of hydrogen-bond donors (Lipinski definition) is 2. The van der Waals surface area contributed by atoms with Gasteiger partial charge in [0.1, 0.15) is 0 Å². The quantitative estimate of drug-likeness (QED) is 0.638. The smallest absolute Gasteiger partial charge is 0.272 e. The molecule has 6 heteroatoms. The molecule has 1 saturated carbocycles. The monoisotopic (exact) mass is 288 g/mol. The Kier molecular flexibility index (Phi) is 5.43. The van der Waals surface area contributed by atoms with E-state index in [9.17, 15) is 9.59 Å². The molecule has 6 nitrogen and oxygen atoms in total. The van der Waals surface area contributed by atoms with E-state index in [0.717, 1.165) is 12.8 Å². The topological polar surface area (TPSA) is 83.5 Å². The van der Waals surface area contributed by atoms with Gasteiger partial charge in [0.25, 0.3) is 5.91 Å². The highest BCUT2D eigenvalue weighted by atomic mass is 16.2. The lowest BCUT2D eigenvalue weighted by molar-refractivity contribution is -0.120.